The average Bonchev–Trinajstić information content (AvgIpc) is 2.81. The fourth-order valence-electron chi connectivity index (χ4n) is 2.32. The van der Waals surface area contributed by atoms with Gasteiger partial charge < -0.3 is 10.6 Å². The second-order valence-electron chi connectivity index (χ2n) is 5.33. The van der Waals surface area contributed by atoms with Gasteiger partial charge in [0.25, 0.3) is 0 Å². The van der Waals surface area contributed by atoms with Gasteiger partial charge in [0.05, 0.1) is 6.54 Å². The van der Waals surface area contributed by atoms with Gasteiger partial charge in [-0.1, -0.05) is 12.1 Å². The molecule has 0 saturated carbocycles. The molecule has 0 radical (unpaired) electrons. The number of imide groups is 1. The van der Waals surface area contributed by atoms with Crippen molar-refractivity contribution in [3.05, 3.63) is 29.8 Å². The number of rotatable bonds is 7. The lowest BCUT2D eigenvalue weighted by molar-refractivity contribution is -0.139. The molecule has 1 aliphatic heterocycles. The van der Waals surface area contributed by atoms with E-state index in [9.17, 15) is 14.4 Å². The number of halogens is 1. The highest BCUT2D eigenvalue weighted by Gasteiger charge is 2.28. The van der Waals surface area contributed by atoms with Crippen molar-refractivity contribution in [1.29, 1.82) is 0 Å². The zero-order chi connectivity index (χ0) is 15.9. The molecule has 0 spiro atoms. The van der Waals surface area contributed by atoms with Gasteiger partial charge in [0.2, 0.25) is 17.7 Å². The quantitative estimate of drug-likeness (QED) is 0.585. The van der Waals surface area contributed by atoms with Crippen LogP contribution in [0.3, 0.4) is 0 Å². The molecule has 6 nitrogen and oxygen atoms in total. The molecule has 0 aliphatic carbocycles. The fourth-order valence-corrected chi connectivity index (χ4v) is 2.32. The van der Waals surface area contributed by atoms with Crippen LogP contribution in [0.4, 0.5) is 5.69 Å². The summed E-state index contributed by atoms with van der Waals surface area (Å²) in [4.78, 5) is 36.1. The Balaban J connectivity index is 0.00000264. The number of hydrogen-bond donors (Lipinski definition) is 2. The number of benzene rings is 1. The van der Waals surface area contributed by atoms with Crippen molar-refractivity contribution in [2.45, 2.75) is 32.2 Å². The van der Waals surface area contributed by atoms with E-state index in [-0.39, 0.29) is 30.1 Å². The molecular formula is C16H22ClN3O3. The second-order valence-corrected chi connectivity index (χ2v) is 5.33. The first-order chi connectivity index (χ1) is 10.6. The molecule has 1 aromatic rings. The molecule has 2 rings (SSSR count). The molecule has 0 atom stereocenters. The van der Waals surface area contributed by atoms with Gasteiger partial charge in [-0.15, -0.1) is 12.4 Å². The van der Waals surface area contributed by atoms with E-state index < -0.39 is 0 Å². The summed E-state index contributed by atoms with van der Waals surface area (Å²) in [5, 5.41) is 5.82. The minimum Gasteiger partial charge on any atom is -0.326 e. The molecule has 0 bridgehead atoms. The number of hydrogen-bond acceptors (Lipinski definition) is 4. The number of nitrogens with zero attached hydrogens (tertiary/aromatic N) is 1. The number of likely N-dealkylation sites (tertiary alicyclic amines) is 1. The van der Waals surface area contributed by atoms with Crippen LogP contribution in [-0.2, 0) is 20.9 Å². The van der Waals surface area contributed by atoms with Crippen molar-refractivity contribution in [2.24, 2.45) is 0 Å². The summed E-state index contributed by atoms with van der Waals surface area (Å²) in [6.07, 6.45) is 1.87. The first-order valence-corrected chi connectivity index (χ1v) is 7.46. The van der Waals surface area contributed by atoms with E-state index in [4.69, 9.17) is 0 Å². The minimum atomic E-state index is -0.119. The third-order valence-corrected chi connectivity index (χ3v) is 3.56. The van der Waals surface area contributed by atoms with Crippen LogP contribution in [0.2, 0.25) is 0 Å². The van der Waals surface area contributed by atoms with E-state index >= 15 is 0 Å². The highest BCUT2D eigenvalue weighted by atomic mass is 35.5. The van der Waals surface area contributed by atoms with Crippen LogP contribution >= 0.6 is 12.4 Å². The molecule has 7 heteroatoms. The molecule has 1 aromatic carbocycles. The molecule has 1 aliphatic rings. The normalized spacial score (nSPS) is 13.9. The van der Waals surface area contributed by atoms with Gasteiger partial charge in [-0.25, -0.2) is 0 Å². The number of carbonyl (C=O) groups is 3. The van der Waals surface area contributed by atoms with Crippen molar-refractivity contribution in [2.75, 3.05) is 18.9 Å². The molecule has 3 amide bonds. The van der Waals surface area contributed by atoms with Crippen LogP contribution in [0, 0.1) is 0 Å². The molecule has 1 fully saturated rings. The lowest BCUT2D eigenvalue weighted by atomic mass is 10.2. The average molecular weight is 340 g/mol. The van der Waals surface area contributed by atoms with Crippen LogP contribution < -0.4 is 10.6 Å². The van der Waals surface area contributed by atoms with Gasteiger partial charge in [0.15, 0.2) is 0 Å². The number of carbonyl (C=O) groups excluding carboxylic acids is 3. The zero-order valence-corrected chi connectivity index (χ0v) is 13.9. The lowest BCUT2D eigenvalue weighted by Crippen LogP contribution is -2.28. The van der Waals surface area contributed by atoms with Gasteiger partial charge in [0, 0.05) is 24.9 Å². The summed E-state index contributed by atoms with van der Waals surface area (Å²) in [7, 11) is 1.85. The fraction of sp³-hybridized carbons (Fsp3) is 0.438. The highest BCUT2D eigenvalue weighted by Crippen LogP contribution is 2.17. The number of amides is 3. The van der Waals surface area contributed by atoms with Gasteiger partial charge in [-0.05, 0) is 37.7 Å². The van der Waals surface area contributed by atoms with E-state index in [1.165, 1.54) is 4.90 Å². The van der Waals surface area contributed by atoms with Crippen LogP contribution in [-0.4, -0.2) is 36.2 Å². The van der Waals surface area contributed by atoms with Crippen molar-refractivity contribution in [3.8, 4) is 0 Å². The lowest BCUT2D eigenvalue weighted by Gasteiger charge is -2.14. The Bertz CT molecular complexity index is 544. The van der Waals surface area contributed by atoms with Crippen LogP contribution in [0.15, 0.2) is 24.3 Å². The summed E-state index contributed by atoms with van der Waals surface area (Å²) in [6, 6.07) is 7.22. The summed E-state index contributed by atoms with van der Waals surface area (Å²) in [6.45, 7) is 1.11. The summed E-state index contributed by atoms with van der Waals surface area (Å²) >= 11 is 0. The Hall–Kier alpha value is -1.92. The monoisotopic (exact) mass is 339 g/mol. The van der Waals surface area contributed by atoms with E-state index in [0.29, 0.717) is 25.8 Å². The summed E-state index contributed by atoms with van der Waals surface area (Å²) in [5.41, 5.74) is 1.59. The van der Waals surface area contributed by atoms with Gasteiger partial charge in [-0.3, -0.25) is 19.3 Å². The smallest absolute Gasteiger partial charge is 0.229 e. The third-order valence-electron chi connectivity index (χ3n) is 3.56. The SMILES string of the molecule is CNCCCC(=O)Nc1ccc(CN2C(=O)CCC2=O)cc1.Cl. The summed E-state index contributed by atoms with van der Waals surface area (Å²) in [5.74, 6) is -0.258. The summed E-state index contributed by atoms with van der Waals surface area (Å²) < 4.78 is 0. The number of anilines is 1. The third kappa shape index (κ3) is 5.65. The van der Waals surface area contributed by atoms with Crippen LogP contribution in [0.5, 0.6) is 0 Å². The van der Waals surface area contributed by atoms with Gasteiger partial charge >= 0.3 is 0 Å². The Labute approximate surface area is 142 Å². The molecule has 1 heterocycles. The van der Waals surface area contributed by atoms with Crippen molar-refractivity contribution in [3.63, 3.8) is 0 Å². The van der Waals surface area contributed by atoms with Gasteiger partial charge in [-0.2, -0.15) is 0 Å². The highest BCUT2D eigenvalue weighted by molar-refractivity contribution is 6.01. The molecule has 126 valence electrons. The predicted octanol–water partition coefficient (Wildman–Crippen LogP) is 1.70. The van der Waals surface area contributed by atoms with Crippen LogP contribution in [0.25, 0.3) is 0 Å². The van der Waals surface area contributed by atoms with Gasteiger partial charge in [0.1, 0.15) is 0 Å². The second kappa shape index (κ2) is 9.27. The Kier molecular flexibility index (Phi) is 7.71. The first kappa shape index (κ1) is 19.1. The Morgan fingerprint density at radius 2 is 1.74 bits per heavy atom. The predicted molar refractivity (Wildman–Crippen MR) is 90.3 cm³/mol. The maximum Gasteiger partial charge on any atom is 0.229 e. The minimum absolute atomic E-state index is 0. The Morgan fingerprint density at radius 1 is 1.13 bits per heavy atom. The zero-order valence-electron chi connectivity index (χ0n) is 13.1. The molecule has 23 heavy (non-hydrogen) atoms. The van der Waals surface area contributed by atoms with Crippen molar-refractivity contribution < 1.29 is 14.4 Å². The molecule has 1 saturated heterocycles. The standard InChI is InChI=1S/C16H21N3O3.ClH/c1-17-10-2-3-14(20)18-13-6-4-12(5-7-13)11-19-15(21)8-9-16(19)22;/h4-7,17H,2-3,8-11H2,1H3,(H,18,20);1H. The number of nitrogens with one attached hydrogen (secondary N) is 2. The van der Waals surface area contributed by atoms with E-state index in [0.717, 1.165) is 24.2 Å². The molecular weight excluding hydrogens is 318 g/mol. The molecule has 0 unspecified atom stereocenters. The van der Waals surface area contributed by atoms with Crippen LogP contribution in [0.1, 0.15) is 31.2 Å². The topological polar surface area (TPSA) is 78.5 Å². The van der Waals surface area contributed by atoms with E-state index in [2.05, 4.69) is 10.6 Å². The van der Waals surface area contributed by atoms with Crippen molar-refractivity contribution >= 4 is 35.8 Å². The van der Waals surface area contributed by atoms with E-state index in [1.807, 2.05) is 19.2 Å². The first-order valence-electron chi connectivity index (χ1n) is 7.46. The Morgan fingerprint density at radius 3 is 2.30 bits per heavy atom. The molecule has 0 aromatic heterocycles. The van der Waals surface area contributed by atoms with Crippen molar-refractivity contribution in [1.82, 2.24) is 10.2 Å². The maximum absolute atomic E-state index is 11.7. The maximum atomic E-state index is 11.7. The van der Waals surface area contributed by atoms with E-state index in [1.54, 1.807) is 12.1 Å². The largest absolute Gasteiger partial charge is 0.326 e. The molecule has 2 N–H and O–H groups in total.